The van der Waals surface area contributed by atoms with Gasteiger partial charge in [-0.05, 0) is 85.2 Å². The van der Waals surface area contributed by atoms with E-state index in [0.717, 1.165) is 47.8 Å². The van der Waals surface area contributed by atoms with Gasteiger partial charge in [-0.1, -0.05) is 85.6 Å². The van der Waals surface area contributed by atoms with E-state index in [1.54, 1.807) is 12.1 Å². The van der Waals surface area contributed by atoms with Crippen molar-refractivity contribution in [1.82, 2.24) is 0 Å². The van der Waals surface area contributed by atoms with Gasteiger partial charge in [0.25, 0.3) is 0 Å². The third-order valence-electron chi connectivity index (χ3n) is 5.93. The predicted octanol–water partition coefficient (Wildman–Crippen LogP) is 8.24. The van der Waals surface area contributed by atoms with Gasteiger partial charge in [-0.3, -0.25) is 0 Å². The normalized spacial score (nSPS) is 10.6. The van der Waals surface area contributed by atoms with Crippen molar-refractivity contribution in [1.29, 1.82) is 0 Å². The smallest absolute Gasteiger partial charge is 0.146 e. The van der Waals surface area contributed by atoms with Gasteiger partial charge in [-0.15, -0.1) is 0 Å². The Balaban J connectivity index is 1.50. The molecule has 0 heterocycles. The van der Waals surface area contributed by atoms with Gasteiger partial charge in [0.2, 0.25) is 0 Å². The number of benzene rings is 4. The summed E-state index contributed by atoms with van der Waals surface area (Å²) in [5, 5.41) is 1.38. The van der Waals surface area contributed by atoms with Crippen molar-refractivity contribution in [2.75, 3.05) is 0 Å². The number of rotatable bonds is 5. The summed E-state index contributed by atoms with van der Waals surface area (Å²) < 4.78 is 15.1. The van der Waals surface area contributed by atoms with E-state index >= 15 is 4.39 Å². The maximum atomic E-state index is 15.1. The molecule has 0 amide bonds. The lowest BCUT2D eigenvalue weighted by Gasteiger charge is -2.03. The van der Waals surface area contributed by atoms with Crippen molar-refractivity contribution in [2.45, 2.75) is 39.5 Å². The van der Waals surface area contributed by atoms with Gasteiger partial charge in [-0.2, -0.15) is 0 Å². The summed E-state index contributed by atoms with van der Waals surface area (Å²) >= 11 is 0. The zero-order valence-corrected chi connectivity index (χ0v) is 20.4. The summed E-state index contributed by atoms with van der Waals surface area (Å²) in [6.07, 6.45) is 8.52. The van der Waals surface area contributed by atoms with E-state index in [1.807, 2.05) is 37.3 Å². The Hall–Kier alpha value is -4.07. The Kier molecular flexibility index (Phi) is 8.17. The van der Waals surface area contributed by atoms with Gasteiger partial charge in [0.1, 0.15) is 5.82 Å². The highest BCUT2D eigenvalue weighted by Gasteiger charge is 2.06. The zero-order valence-electron chi connectivity index (χ0n) is 20.4. The topological polar surface area (TPSA) is 0 Å². The molecule has 4 aromatic rings. The summed E-state index contributed by atoms with van der Waals surface area (Å²) in [6, 6.07) is 25.8. The quantitative estimate of drug-likeness (QED) is 0.209. The molecule has 0 nitrogen and oxygen atoms in total. The van der Waals surface area contributed by atoms with Crippen LogP contribution in [0.2, 0.25) is 0 Å². The summed E-state index contributed by atoms with van der Waals surface area (Å²) in [5.74, 6) is 12.2. The van der Waals surface area contributed by atoms with Crippen LogP contribution in [0.4, 0.5) is 4.39 Å². The van der Waals surface area contributed by atoms with E-state index in [4.69, 9.17) is 0 Å². The number of fused-ring (bicyclic) bond motifs is 1. The summed E-state index contributed by atoms with van der Waals surface area (Å²) in [5.41, 5.74) is 5.73. The number of aryl methyl sites for hydroxylation is 2. The first kappa shape index (κ1) is 24.1. The molecule has 0 aliphatic heterocycles. The second-order valence-corrected chi connectivity index (χ2v) is 8.61. The molecular formula is C34H29F. The van der Waals surface area contributed by atoms with Crippen molar-refractivity contribution in [2.24, 2.45) is 0 Å². The highest BCUT2D eigenvalue weighted by Crippen LogP contribution is 2.22. The van der Waals surface area contributed by atoms with Crippen molar-refractivity contribution in [3.05, 3.63) is 130 Å². The minimum Gasteiger partial charge on any atom is -0.205 e. The Morgan fingerprint density at radius 3 is 1.94 bits per heavy atom. The molecule has 0 spiro atoms. The molecule has 0 N–H and O–H groups in total. The molecule has 4 aromatic carbocycles. The molecule has 172 valence electrons. The van der Waals surface area contributed by atoms with Crippen molar-refractivity contribution in [3.63, 3.8) is 0 Å². The monoisotopic (exact) mass is 456 g/mol. The van der Waals surface area contributed by atoms with E-state index in [9.17, 15) is 0 Å². The Bertz CT molecular complexity index is 1450. The van der Waals surface area contributed by atoms with E-state index in [2.05, 4.69) is 79.2 Å². The molecule has 0 aromatic heterocycles. The van der Waals surface area contributed by atoms with Crippen LogP contribution in [0.5, 0.6) is 0 Å². The van der Waals surface area contributed by atoms with Gasteiger partial charge in [0, 0.05) is 22.1 Å². The molecule has 0 atom stereocenters. The number of hydrogen-bond acceptors (Lipinski definition) is 0. The van der Waals surface area contributed by atoms with E-state index < -0.39 is 0 Å². The summed E-state index contributed by atoms with van der Waals surface area (Å²) in [7, 11) is 0. The molecule has 0 radical (unpaired) electrons. The van der Waals surface area contributed by atoms with Crippen LogP contribution in [0.3, 0.4) is 0 Å². The SMILES string of the molecule is C/C=C/CCc1ccc(C#Cc2ccc3c(F)c(C#Cc4ccc(CCC)cc4)ccc3c2)cc1. The minimum atomic E-state index is -0.286. The van der Waals surface area contributed by atoms with Crippen molar-refractivity contribution >= 4 is 10.8 Å². The molecule has 1 heteroatoms. The van der Waals surface area contributed by atoms with Crippen LogP contribution in [0, 0.1) is 29.5 Å². The lowest BCUT2D eigenvalue weighted by atomic mass is 10.0. The molecule has 0 aliphatic carbocycles. The van der Waals surface area contributed by atoms with Crippen LogP contribution < -0.4 is 0 Å². The molecule has 0 fully saturated rings. The lowest BCUT2D eigenvalue weighted by molar-refractivity contribution is 0.636. The van der Waals surface area contributed by atoms with Crippen molar-refractivity contribution < 1.29 is 4.39 Å². The fraction of sp³-hybridized carbons (Fsp3) is 0.176. The average molecular weight is 457 g/mol. The largest absolute Gasteiger partial charge is 0.205 e. The third kappa shape index (κ3) is 6.50. The minimum absolute atomic E-state index is 0.286. The van der Waals surface area contributed by atoms with Crippen molar-refractivity contribution in [3.8, 4) is 23.7 Å². The first-order valence-corrected chi connectivity index (χ1v) is 12.2. The van der Waals surface area contributed by atoms with Crippen LogP contribution >= 0.6 is 0 Å². The van der Waals surface area contributed by atoms with Crippen LogP contribution in [0.15, 0.2) is 91.0 Å². The molecule has 0 saturated heterocycles. The van der Waals surface area contributed by atoms with E-state index in [0.29, 0.717) is 10.9 Å². The number of halogens is 1. The number of allylic oxidation sites excluding steroid dienone is 2. The van der Waals surface area contributed by atoms with Crippen LogP contribution in [0.25, 0.3) is 10.8 Å². The van der Waals surface area contributed by atoms with Gasteiger partial charge in [0.15, 0.2) is 0 Å². The Labute approximate surface area is 208 Å². The number of hydrogen-bond donors (Lipinski definition) is 0. The van der Waals surface area contributed by atoms with Gasteiger partial charge in [0.05, 0.1) is 5.56 Å². The van der Waals surface area contributed by atoms with Gasteiger partial charge < -0.3 is 0 Å². The molecule has 0 saturated carbocycles. The lowest BCUT2D eigenvalue weighted by Crippen LogP contribution is -1.88. The molecular weight excluding hydrogens is 427 g/mol. The summed E-state index contributed by atoms with van der Waals surface area (Å²) in [4.78, 5) is 0. The van der Waals surface area contributed by atoms with Gasteiger partial charge in [-0.25, -0.2) is 4.39 Å². The maximum absolute atomic E-state index is 15.1. The first-order valence-electron chi connectivity index (χ1n) is 12.2. The van der Waals surface area contributed by atoms with Crippen LogP contribution in [0.1, 0.15) is 60.1 Å². The highest BCUT2D eigenvalue weighted by atomic mass is 19.1. The Morgan fingerprint density at radius 1 is 0.686 bits per heavy atom. The fourth-order valence-corrected chi connectivity index (χ4v) is 3.96. The second-order valence-electron chi connectivity index (χ2n) is 8.61. The van der Waals surface area contributed by atoms with E-state index in [1.165, 1.54) is 11.1 Å². The molecule has 4 rings (SSSR count). The maximum Gasteiger partial charge on any atom is 0.146 e. The molecule has 35 heavy (non-hydrogen) atoms. The zero-order chi connectivity index (χ0) is 24.5. The fourth-order valence-electron chi connectivity index (χ4n) is 3.96. The summed E-state index contributed by atoms with van der Waals surface area (Å²) in [6.45, 7) is 4.21. The average Bonchev–Trinajstić information content (AvgIpc) is 2.89. The highest BCUT2D eigenvalue weighted by molar-refractivity contribution is 5.86. The van der Waals surface area contributed by atoms with Crippen LogP contribution in [-0.2, 0) is 12.8 Å². The second kappa shape index (κ2) is 11.9. The molecule has 0 bridgehead atoms. The van der Waals surface area contributed by atoms with Crippen LogP contribution in [-0.4, -0.2) is 0 Å². The first-order chi connectivity index (χ1) is 17.2. The standard InChI is InChI=1S/C34H29F/c1-3-5-6-8-27-11-15-28(16-12-27)17-18-30-20-24-33-32(25-30)23-22-31(34(33)35)21-19-29-13-9-26(7-4-2)10-14-29/h3,5,9-16,20,22-25H,4,6-8H2,1-2H3/b5-3+. The molecule has 0 unspecified atom stereocenters. The van der Waals surface area contributed by atoms with Gasteiger partial charge >= 0.3 is 0 Å². The molecule has 0 aliphatic rings. The Morgan fingerprint density at radius 2 is 1.29 bits per heavy atom. The predicted molar refractivity (Wildman–Crippen MR) is 146 cm³/mol. The van der Waals surface area contributed by atoms with E-state index in [-0.39, 0.29) is 5.82 Å². The third-order valence-corrected chi connectivity index (χ3v) is 5.93.